The number of hydrogen-bond donors (Lipinski definition) is 1. The number of aromatic hydroxyl groups is 1. The van der Waals surface area contributed by atoms with Crippen LogP contribution in [0.25, 0.3) is 0 Å². The van der Waals surface area contributed by atoms with Gasteiger partial charge in [-0.05, 0) is 38.1 Å². The SMILES string of the molecule is CN(CC(=O)c1cc(F)ccc1O)CC1CCCO1. The molecule has 1 aromatic rings. The molecule has 0 bridgehead atoms. The lowest BCUT2D eigenvalue weighted by atomic mass is 10.1. The summed E-state index contributed by atoms with van der Waals surface area (Å²) in [5.41, 5.74) is 0.0270. The van der Waals surface area contributed by atoms with Gasteiger partial charge >= 0.3 is 0 Å². The van der Waals surface area contributed by atoms with Crippen LogP contribution >= 0.6 is 0 Å². The van der Waals surface area contributed by atoms with Gasteiger partial charge in [-0.3, -0.25) is 9.69 Å². The lowest BCUT2D eigenvalue weighted by Crippen LogP contribution is -2.33. The lowest BCUT2D eigenvalue weighted by Gasteiger charge is -2.19. The molecule has 0 aromatic heterocycles. The van der Waals surface area contributed by atoms with E-state index in [9.17, 15) is 14.3 Å². The molecule has 1 atom stereocenters. The van der Waals surface area contributed by atoms with Crippen LogP contribution in [0, 0.1) is 5.82 Å². The monoisotopic (exact) mass is 267 g/mol. The van der Waals surface area contributed by atoms with E-state index >= 15 is 0 Å². The minimum Gasteiger partial charge on any atom is -0.507 e. The molecule has 0 saturated carbocycles. The quantitative estimate of drug-likeness (QED) is 0.827. The Hall–Kier alpha value is -1.46. The van der Waals surface area contributed by atoms with Crippen LogP contribution < -0.4 is 0 Å². The highest BCUT2D eigenvalue weighted by Gasteiger charge is 2.20. The van der Waals surface area contributed by atoms with Crippen molar-refractivity contribution < 1.29 is 19.0 Å². The first-order valence-corrected chi connectivity index (χ1v) is 6.38. The van der Waals surface area contributed by atoms with Gasteiger partial charge < -0.3 is 9.84 Å². The average Bonchev–Trinajstić information content (AvgIpc) is 2.84. The molecule has 1 aliphatic heterocycles. The van der Waals surface area contributed by atoms with Crippen molar-refractivity contribution in [3.63, 3.8) is 0 Å². The number of Topliss-reactive ketones (excluding diaryl/α,β-unsaturated/α-hetero) is 1. The number of carbonyl (C=O) groups excluding carboxylic acids is 1. The number of carbonyl (C=O) groups is 1. The Balaban J connectivity index is 1.94. The van der Waals surface area contributed by atoms with Crippen LogP contribution in [-0.2, 0) is 4.74 Å². The van der Waals surface area contributed by atoms with E-state index in [0.29, 0.717) is 6.54 Å². The summed E-state index contributed by atoms with van der Waals surface area (Å²) in [7, 11) is 1.82. The van der Waals surface area contributed by atoms with Crippen LogP contribution in [0.5, 0.6) is 5.75 Å². The molecule has 1 N–H and O–H groups in total. The molecule has 0 amide bonds. The highest BCUT2D eigenvalue weighted by molar-refractivity contribution is 5.99. The van der Waals surface area contributed by atoms with Gasteiger partial charge in [-0.15, -0.1) is 0 Å². The second kappa shape index (κ2) is 6.12. The summed E-state index contributed by atoms with van der Waals surface area (Å²) in [6, 6.07) is 3.39. The van der Waals surface area contributed by atoms with E-state index in [1.165, 1.54) is 6.07 Å². The van der Waals surface area contributed by atoms with Crippen molar-refractivity contribution in [3.8, 4) is 5.75 Å². The number of nitrogens with zero attached hydrogens (tertiary/aromatic N) is 1. The Bertz CT molecular complexity index is 458. The Morgan fingerprint density at radius 3 is 3.05 bits per heavy atom. The fourth-order valence-electron chi connectivity index (χ4n) is 2.26. The number of rotatable bonds is 5. The van der Waals surface area contributed by atoms with E-state index in [2.05, 4.69) is 0 Å². The van der Waals surface area contributed by atoms with Gasteiger partial charge in [-0.1, -0.05) is 0 Å². The molecule has 19 heavy (non-hydrogen) atoms. The summed E-state index contributed by atoms with van der Waals surface area (Å²) in [5, 5.41) is 9.57. The van der Waals surface area contributed by atoms with Crippen LogP contribution in [0.4, 0.5) is 4.39 Å². The number of halogens is 1. The van der Waals surface area contributed by atoms with Crippen LogP contribution in [0.15, 0.2) is 18.2 Å². The largest absolute Gasteiger partial charge is 0.507 e. The predicted molar refractivity (Wildman–Crippen MR) is 68.9 cm³/mol. The van der Waals surface area contributed by atoms with Gasteiger partial charge in [0.15, 0.2) is 5.78 Å². The van der Waals surface area contributed by atoms with Crippen molar-refractivity contribution in [2.75, 3.05) is 26.7 Å². The maximum Gasteiger partial charge on any atom is 0.180 e. The van der Waals surface area contributed by atoms with Crippen LogP contribution in [0.2, 0.25) is 0 Å². The Labute approximate surface area is 111 Å². The Kier molecular flexibility index (Phi) is 4.50. The lowest BCUT2D eigenvalue weighted by molar-refractivity contribution is 0.0739. The summed E-state index contributed by atoms with van der Waals surface area (Å²) in [5.74, 6) is -1.00. The molecule has 1 aliphatic rings. The third kappa shape index (κ3) is 3.75. The van der Waals surface area contributed by atoms with Gasteiger partial charge in [0.1, 0.15) is 11.6 Å². The van der Waals surface area contributed by atoms with E-state index in [0.717, 1.165) is 31.6 Å². The normalized spacial score (nSPS) is 19.0. The van der Waals surface area contributed by atoms with Gasteiger partial charge in [0.2, 0.25) is 0 Å². The average molecular weight is 267 g/mol. The molecular weight excluding hydrogens is 249 g/mol. The first-order valence-electron chi connectivity index (χ1n) is 6.38. The number of phenolic OH excluding ortho intramolecular Hbond substituents is 1. The van der Waals surface area contributed by atoms with Crippen LogP contribution in [0.1, 0.15) is 23.2 Å². The topological polar surface area (TPSA) is 49.8 Å². The molecule has 1 saturated heterocycles. The zero-order chi connectivity index (χ0) is 13.8. The van der Waals surface area contributed by atoms with Crippen molar-refractivity contribution in [1.82, 2.24) is 4.90 Å². The van der Waals surface area contributed by atoms with E-state index in [4.69, 9.17) is 4.74 Å². The van der Waals surface area contributed by atoms with E-state index in [1.54, 1.807) is 0 Å². The van der Waals surface area contributed by atoms with E-state index in [-0.39, 0.29) is 29.7 Å². The number of ether oxygens (including phenoxy) is 1. The standard InChI is InChI=1S/C14H18FNO3/c1-16(8-11-3-2-6-19-11)9-14(18)12-7-10(15)4-5-13(12)17/h4-5,7,11,17H,2-3,6,8-9H2,1H3. The fraction of sp³-hybridized carbons (Fsp3) is 0.500. The van der Waals surface area contributed by atoms with Crippen molar-refractivity contribution in [2.45, 2.75) is 18.9 Å². The molecule has 0 radical (unpaired) electrons. The molecule has 1 unspecified atom stereocenters. The first-order chi connectivity index (χ1) is 9.06. The maximum atomic E-state index is 13.1. The number of likely N-dealkylation sites (N-methyl/N-ethyl adjacent to an activating group) is 1. The molecule has 2 rings (SSSR count). The smallest absolute Gasteiger partial charge is 0.180 e. The molecule has 1 fully saturated rings. The molecule has 5 heteroatoms. The van der Waals surface area contributed by atoms with Gasteiger partial charge in [-0.2, -0.15) is 0 Å². The van der Waals surface area contributed by atoms with Gasteiger partial charge in [0.05, 0.1) is 18.2 Å². The number of phenols is 1. The Morgan fingerprint density at radius 1 is 1.58 bits per heavy atom. The van der Waals surface area contributed by atoms with Gasteiger partial charge in [-0.25, -0.2) is 4.39 Å². The summed E-state index contributed by atoms with van der Waals surface area (Å²) < 4.78 is 18.6. The van der Waals surface area contributed by atoms with Crippen molar-refractivity contribution >= 4 is 5.78 Å². The summed E-state index contributed by atoms with van der Waals surface area (Å²) in [4.78, 5) is 13.8. The van der Waals surface area contributed by atoms with Gasteiger partial charge in [0.25, 0.3) is 0 Å². The second-order valence-corrected chi connectivity index (χ2v) is 4.92. The summed E-state index contributed by atoms with van der Waals surface area (Å²) >= 11 is 0. The predicted octanol–water partition coefficient (Wildman–Crippen LogP) is 1.82. The highest BCUT2D eigenvalue weighted by atomic mass is 19.1. The molecular formula is C14H18FNO3. The van der Waals surface area contributed by atoms with E-state index in [1.807, 2.05) is 11.9 Å². The number of benzene rings is 1. The third-order valence-electron chi connectivity index (χ3n) is 3.21. The van der Waals surface area contributed by atoms with Crippen molar-refractivity contribution in [2.24, 2.45) is 0 Å². The molecule has 1 aromatic carbocycles. The van der Waals surface area contributed by atoms with Crippen LogP contribution in [0.3, 0.4) is 0 Å². The zero-order valence-corrected chi connectivity index (χ0v) is 10.9. The minimum absolute atomic E-state index is 0.0270. The zero-order valence-electron chi connectivity index (χ0n) is 10.9. The van der Waals surface area contributed by atoms with E-state index < -0.39 is 5.82 Å². The van der Waals surface area contributed by atoms with Gasteiger partial charge in [0, 0.05) is 13.2 Å². The van der Waals surface area contributed by atoms with Crippen LogP contribution in [-0.4, -0.2) is 48.6 Å². The molecule has 1 heterocycles. The molecule has 4 nitrogen and oxygen atoms in total. The first kappa shape index (κ1) is 14.0. The fourth-order valence-corrected chi connectivity index (χ4v) is 2.26. The third-order valence-corrected chi connectivity index (χ3v) is 3.21. The number of hydrogen-bond acceptors (Lipinski definition) is 4. The second-order valence-electron chi connectivity index (χ2n) is 4.92. The summed E-state index contributed by atoms with van der Waals surface area (Å²) in [6.07, 6.45) is 2.22. The summed E-state index contributed by atoms with van der Waals surface area (Å²) in [6.45, 7) is 1.58. The van der Waals surface area contributed by atoms with Crippen molar-refractivity contribution in [3.05, 3.63) is 29.6 Å². The van der Waals surface area contributed by atoms with Crippen molar-refractivity contribution in [1.29, 1.82) is 0 Å². The number of ketones is 1. The highest BCUT2D eigenvalue weighted by Crippen LogP contribution is 2.19. The Morgan fingerprint density at radius 2 is 2.37 bits per heavy atom. The molecule has 0 spiro atoms. The minimum atomic E-state index is -0.525. The maximum absolute atomic E-state index is 13.1. The molecule has 0 aliphatic carbocycles. The molecule has 104 valence electrons.